The minimum Gasteiger partial charge on any atom is -0.385 e. The van der Waals surface area contributed by atoms with Crippen LogP contribution in [0.3, 0.4) is 0 Å². The van der Waals surface area contributed by atoms with Gasteiger partial charge in [-0.15, -0.1) is 0 Å². The van der Waals surface area contributed by atoms with Crippen molar-refractivity contribution in [1.29, 1.82) is 0 Å². The highest BCUT2D eigenvalue weighted by Gasteiger charge is 2.30. The summed E-state index contributed by atoms with van der Waals surface area (Å²) in [5.74, 6) is 0. The average molecular weight is 344 g/mol. The zero-order valence-corrected chi connectivity index (χ0v) is 13.6. The first-order valence-electron chi connectivity index (χ1n) is 8.17. The van der Waals surface area contributed by atoms with E-state index in [0.717, 1.165) is 36.2 Å². The lowest BCUT2D eigenvalue weighted by Crippen LogP contribution is -2.10. The van der Waals surface area contributed by atoms with Crippen molar-refractivity contribution in [2.75, 3.05) is 23.7 Å². The molecule has 0 saturated carbocycles. The highest BCUT2D eigenvalue weighted by atomic mass is 19.4. The average Bonchev–Trinajstić information content (AvgIpc) is 2.61. The van der Waals surface area contributed by atoms with Crippen LogP contribution in [0.5, 0.6) is 0 Å². The van der Waals surface area contributed by atoms with E-state index in [1.54, 1.807) is 6.07 Å². The van der Waals surface area contributed by atoms with Crippen LogP contribution in [0.1, 0.15) is 12.0 Å². The van der Waals surface area contributed by atoms with E-state index < -0.39 is 11.7 Å². The Labute approximate surface area is 144 Å². The van der Waals surface area contributed by atoms with E-state index in [0.29, 0.717) is 12.2 Å². The molecule has 0 saturated heterocycles. The van der Waals surface area contributed by atoms with Crippen molar-refractivity contribution in [3.63, 3.8) is 0 Å². The monoisotopic (exact) mass is 344 g/mol. The highest BCUT2D eigenvalue weighted by molar-refractivity contribution is 5.93. The van der Waals surface area contributed by atoms with Crippen molar-refractivity contribution in [3.05, 3.63) is 72.3 Å². The van der Waals surface area contributed by atoms with E-state index in [9.17, 15) is 13.2 Å². The molecule has 2 nitrogen and oxygen atoms in total. The summed E-state index contributed by atoms with van der Waals surface area (Å²) in [6.45, 7) is 1.33. The number of hydrogen-bond acceptors (Lipinski definition) is 2. The standard InChI is InChI=1S/C20H19F3N2/c21-20(22,23)16-8-4-9-17(14-16)24-12-5-13-25-19-11-3-7-15-6-1-2-10-18(15)19/h1-4,6-11,14,24-25H,5,12-13H2. The topological polar surface area (TPSA) is 24.1 Å². The molecule has 0 spiro atoms. The summed E-state index contributed by atoms with van der Waals surface area (Å²) >= 11 is 0. The van der Waals surface area contributed by atoms with Gasteiger partial charge in [-0.1, -0.05) is 42.5 Å². The van der Waals surface area contributed by atoms with Crippen LogP contribution in [-0.4, -0.2) is 13.1 Å². The predicted octanol–water partition coefficient (Wildman–Crippen LogP) is 5.77. The van der Waals surface area contributed by atoms with E-state index in [-0.39, 0.29) is 0 Å². The van der Waals surface area contributed by atoms with Gasteiger partial charge in [-0.3, -0.25) is 0 Å². The van der Waals surface area contributed by atoms with Gasteiger partial charge in [-0.05, 0) is 36.1 Å². The molecule has 3 aromatic carbocycles. The third kappa shape index (κ3) is 4.44. The van der Waals surface area contributed by atoms with Crippen molar-refractivity contribution in [2.24, 2.45) is 0 Å². The molecular formula is C20H19F3N2. The molecule has 0 fully saturated rings. The van der Waals surface area contributed by atoms with Crippen molar-refractivity contribution in [2.45, 2.75) is 12.6 Å². The number of hydrogen-bond donors (Lipinski definition) is 2. The number of nitrogens with one attached hydrogen (secondary N) is 2. The number of halogens is 3. The minimum absolute atomic E-state index is 0.486. The fourth-order valence-corrected chi connectivity index (χ4v) is 2.73. The molecule has 0 heterocycles. The van der Waals surface area contributed by atoms with Gasteiger partial charge in [0.1, 0.15) is 0 Å². The van der Waals surface area contributed by atoms with Gasteiger partial charge >= 0.3 is 6.18 Å². The molecule has 0 aliphatic heterocycles. The van der Waals surface area contributed by atoms with E-state index in [2.05, 4.69) is 28.8 Å². The number of anilines is 2. The smallest absolute Gasteiger partial charge is 0.385 e. The van der Waals surface area contributed by atoms with Crippen LogP contribution < -0.4 is 10.6 Å². The maximum absolute atomic E-state index is 12.7. The molecule has 3 rings (SSSR count). The Morgan fingerprint density at radius 1 is 0.760 bits per heavy atom. The summed E-state index contributed by atoms with van der Waals surface area (Å²) in [5.41, 5.74) is 0.920. The van der Waals surface area contributed by atoms with Gasteiger partial charge in [0.25, 0.3) is 0 Å². The first kappa shape index (κ1) is 17.1. The first-order valence-corrected chi connectivity index (χ1v) is 8.17. The van der Waals surface area contributed by atoms with Crippen LogP contribution in [0.15, 0.2) is 66.7 Å². The Morgan fingerprint density at radius 3 is 2.32 bits per heavy atom. The SMILES string of the molecule is FC(F)(F)c1cccc(NCCCNc2cccc3ccccc23)c1. The predicted molar refractivity (Wildman–Crippen MR) is 97.0 cm³/mol. The van der Waals surface area contributed by atoms with Gasteiger partial charge in [0, 0.05) is 29.9 Å². The van der Waals surface area contributed by atoms with Crippen LogP contribution in [0.25, 0.3) is 10.8 Å². The molecule has 0 aliphatic carbocycles. The van der Waals surface area contributed by atoms with Crippen LogP contribution in [0.2, 0.25) is 0 Å². The van der Waals surface area contributed by atoms with E-state index in [4.69, 9.17) is 0 Å². The van der Waals surface area contributed by atoms with Gasteiger partial charge < -0.3 is 10.6 Å². The van der Waals surface area contributed by atoms with E-state index in [1.165, 1.54) is 11.5 Å². The maximum Gasteiger partial charge on any atom is 0.416 e. The van der Waals surface area contributed by atoms with Gasteiger partial charge in [0.05, 0.1) is 5.56 Å². The quantitative estimate of drug-likeness (QED) is 0.555. The van der Waals surface area contributed by atoms with Gasteiger partial charge in [-0.2, -0.15) is 13.2 Å². The minimum atomic E-state index is -4.31. The largest absolute Gasteiger partial charge is 0.416 e. The van der Waals surface area contributed by atoms with Gasteiger partial charge in [-0.25, -0.2) is 0 Å². The molecule has 0 atom stereocenters. The normalized spacial score (nSPS) is 11.5. The third-order valence-electron chi connectivity index (χ3n) is 3.98. The molecule has 0 aromatic heterocycles. The number of rotatable bonds is 6. The summed E-state index contributed by atoms with van der Waals surface area (Å²) in [6.07, 6.45) is -3.52. The Kier molecular flexibility index (Phi) is 5.12. The van der Waals surface area contributed by atoms with Crippen LogP contribution >= 0.6 is 0 Å². The summed E-state index contributed by atoms with van der Waals surface area (Å²) in [5, 5.41) is 8.77. The van der Waals surface area contributed by atoms with Gasteiger partial charge in [0.2, 0.25) is 0 Å². The Balaban J connectivity index is 1.51. The summed E-state index contributed by atoms with van der Waals surface area (Å²) < 4.78 is 38.1. The Bertz CT molecular complexity index is 838. The molecule has 5 heteroatoms. The molecular weight excluding hydrogens is 325 g/mol. The molecule has 2 N–H and O–H groups in total. The van der Waals surface area contributed by atoms with Crippen molar-refractivity contribution in [1.82, 2.24) is 0 Å². The molecule has 25 heavy (non-hydrogen) atoms. The Hall–Kier alpha value is -2.69. The van der Waals surface area contributed by atoms with E-state index >= 15 is 0 Å². The fourth-order valence-electron chi connectivity index (χ4n) is 2.73. The van der Waals surface area contributed by atoms with Crippen molar-refractivity contribution < 1.29 is 13.2 Å². The van der Waals surface area contributed by atoms with Crippen LogP contribution in [0, 0.1) is 0 Å². The number of fused-ring (bicyclic) bond motifs is 1. The lowest BCUT2D eigenvalue weighted by atomic mass is 10.1. The fraction of sp³-hybridized carbons (Fsp3) is 0.200. The zero-order valence-electron chi connectivity index (χ0n) is 13.6. The second-order valence-electron chi connectivity index (χ2n) is 5.81. The van der Waals surface area contributed by atoms with Crippen molar-refractivity contribution >= 4 is 22.1 Å². The summed E-state index contributed by atoms with van der Waals surface area (Å²) in [7, 11) is 0. The second-order valence-corrected chi connectivity index (χ2v) is 5.81. The van der Waals surface area contributed by atoms with Crippen LogP contribution in [-0.2, 0) is 6.18 Å². The van der Waals surface area contributed by atoms with E-state index in [1.807, 2.05) is 24.3 Å². The van der Waals surface area contributed by atoms with Crippen LogP contribution in [0.4, 0.5) is 24.5 Å². The maximum atomic E-state index is 12.7. The summed E-state index contributed by atoms with van der Waals surface area (Å²) in [6, 6.07) is 19.5. The highest BCUT2D eigenvalue weighted by Crippen LogP contribution is 2.30. The molecule has 0 unspecified atom stereocenters. The lowest BCUT2D eigenvalue weighted by Gasteiger charge is -2.12. The number of benzene rings is 3. The molecule has 3 aromatic rings. The zero-order chi connectivity index (χ0) is 17.7. The molecule has 0 amide bonds. The molecule has 0 radical (unpaired) electrons. The molecule has 0 bridgehead atoms. The Morgan fingerprint density at radius 2 is 1.48 bits per heavy atom. The number of alkyl halides is 3. The molecule has 130 valence electrons. The second kappa shape index (κ2) is 7.47. The first-order chi connectivity index (χ1) is 12.0. The lowest BCUT2D eigenvalue weighted by molar-refractivity contribution is -0.137. The third-order valence-corrected chi connectivity index (χ3v) is 3.98. The van der Waals surface area contributed by atoms with Gasteiger partial charge in [0.15, 0.2) is 0 Å². The summed E-state index contributed by atoms with van der Waals surface area (Å²) in [4.78, 5) is 0. The molecule has 0 aliphatic rings. The van der Waals surface area contributed by atoms with Crippen molar-refractivity contribution in [3.8, 4) is 0 Å².